The van der Waals surface area contributed by atoms with Gasteiger partial charge in [-0.1, -0.05) is 48.5 Å². The fourth-order valence-corrected chi connectivity index (χ4v) is 2.70. The number of nitrogens with one attached hydrogen (secondary N) is 1. The van der Waals surface area contributed by atoms with Crippen LogP contribution in [0.5, 0.6) is 5.75 Å². The molecule has 3 N–H and O–H groups in total. The highest BCUT2D eigenvalue weighted by molar-refractivity contribution is 5.81. The third-order valence-corrected chi connectivity index (χ3v) is 4.31. The number of benzene rings is 2. The zero-order chi connectivity index (χ0) is 20.9. The van der Waals surface area contributed by atoms with Crippen molar-refractivity contribution in [2.75, 3.05) is 19.8 Å². The molecule has 29 heavy (non-hydrogen) atoms. The molecule has 7 nitrogen and oxygen atoms in total. The Labute approximate surface area is 171 Å². The minimum Gasteiger partial charge on any atom is -0.491 e. The predicted molar refractivity (Wildman–Crippen MR) is 110 cm³/mol. The molecule has 0 radical (unpaired) electrons. The molecule has 2 aromatic rings. The Morgan fingerprint density at radius 1 is 1.10 bits per heavy atom. The minimum atomic E-state index is -0.911. The number of para-hydroxylation sites is 1. The normalized spacial score (nSPS) is 11.5. The van der Waals surface area contributed by atoms with Gasteiger partial charge < -0.3 is 19.7 Å². The van der Waals surface area contributed by atoms with Gasteiger partial charge in [0.1, 0.15) is 25.1 Å². The summed E-state index contributed by atoms with van der Waals surface area (Å²) in [6.07, 6.45) is 1.76. The van der Waals surface area contributed by atoms with Crippen molar-refractivity contribution in [3.8, 4) is 5.75 Å². The first-order chi connectivity index (χ1) is 14.1. The number of amides is 1. The topological polar surface area (TPSA) is 103 Å². The molecule has 1 atom stereocenters. The van der Waals surface area contributed by atoms with E-state index in [9.17, 15) is 9.90 Å². The number of carbonyl (C=O) groups excluding carboxylic acids is 1. The summed E-state index contributed by atoms with van der Waals surface area (Å²) in [5, 5.41) is 25.8. The minimum absolute atomic E-state index is 0.0301. The molecule has 0 heterocycles. The smallest absolute Gasteiger partial charge is 0.415 e. The van der Waals surface area contributed by atoms with E-state index < -0.39 is 12.2 Å². The van der Waals surface area contributed by atoms with E-state index >= 15 is 0 Å². The lowest BCUT2D eigenvalue weighted by Gasteiger charge is -2.17. The molecule has 2 aromatic carbocycles. The average Bonchev–Trinajstić information content (AvgIpc) is 2.77. The van der Waals surface area contributed by atoms with Crippen LogP contribution >= 0.6 is 0 Å². The fourth-order valence-electron chi connectivity index (χ4n) is 2.70. The van der Waals surface area contributed by atoms with Gasteiger partial charge in [0, 0.05) is 6.54 Å². The standard InChI is InChI=1S/C22H28N2O5/c23-17-24(22(27)29-15-18-8-2-1-3-9-18)13-7-6-11-19-10-4-5-12-21(19)28-16-20(26)14-25/h1-5,8-10,12,17,20,23,25-26H,6-7,11,13-16H2/t20-/m0/s1. The third kappa shape index (κ3) is 7.93. The van der Waals surface area contributed by atoms with E-state index in [0.717, 1.165) is 30.3 Å². The van der Waals surface area contributed by atoms with E-state index in [-0.39, 0.29) is 19.8 Å². The van der Waals surface area contributed by atoms with Crippen LogP contribution in [0.25, 0.3) is 0 Å². The van der Waals surface area contributed by atoms with Gasteiger partial charge in [-0.3, -0.25) is 10.3 Å². The maximum atomic E-state index is 12.1. The van der Waals surface area contributed by atoms with E-state index in [1.165, 1.54) is 4.90 Å². The lowest BCUT2D eigenvalue weighted by molar-refractivity contribution is 0.0533. The highest BCUT2D eigenvalue weighted by Gasteiger charge is 2.13. The van der Waals surface area contributed by atoms with Crippen molar-refractivity contribution in [3.05, 3.63) is 65.7 Å². The van der Waals surface area contributed by atoms with E-state index in [4.69, 9.17) is 20.0 Å². The number of hydrogen-bond donors (Lipinski definition) is 3. The van der Waals surface area contributed by atoms with Crippen LogP contribution in [0.4, 0.5) is 4.79 Å². The molecule has 0 bridgehead atoms. The van der Waals surface area contributed by atoms with Gasteiger partial charge >= 0.3 is 6.09 Å². The summed E-state index contributed by atoms with van der Waals surface area (Å²) >= 11 is 0. The van der Waals surface area contributed by atoms with Crippen LogP contribution in [0.15, 0.2) is 54.6 Å². The van der Waals surface area contributed by atoms with Gasteiger partial charge in [0.15, 0.2) is 0 Å². The van der Waals surface area contributed by atoms with Crippen LogP contribution < -0.4 is 4.74 Å². The Balaban J connectivity index is 1.75. The monoisotopic (exact) mass is 400 g/mol. The van der Waals surface area contributed by atoms with Gasteiger partial charge in [0.25, 0.3) is 0 Å². The van der Waals surface area contributed by atoms with E-state index in [1.807, 2.05) is 54.6 Å². The fraction of sp³-hybridized carbons (Fsp3) is 0.364. The number of carbonyl (C=O) groups is 1. The average molecular weight is 400 g/mol. The largest absolute Gasteiger partial charge is 0.491 e. The van der Waals surface area contributed by atoms with Crippen LogP contribution in [-0.2, 0) is 17.8 Å². The zero-order valence-electron chi connectivity index (χ0n) is 16.4. The molecule has 0 aromatic heterocycles. The molecule has 7 heteroatoms. The van der Waals surface area contributed by atoms with Crippen molar-refractivity contribution in [2.45, 2.75) is 32.0 Å². The van der Waals surface area contributed by atoms with Crippen molar-refractivity contribution >= 4 is 12.4 Å². The molecule has 2 rings (SSSR count). The first-order valence-electron chi connectivity index (χ1n) is 9.61. The van der Waals surface area contributed by atoms with Crippen LogP contribution in [-0.4, -0.2) is 53.4 Å². The number of nitrogens with zero attached hydrogens (tertiary/aromatic N) is 1. The Hall–Kier alpha value is -2.90. The Kier molecular flexibility index (Phi) is 9.68. The maximum absolute atomic E-state index is 12.1. The van der Waals surface area contributed by atoms with E-state index in [0.29, 0.717) is 18.7 Å². The second-order valence-electron chi connectivity index (χ2n) is 6.57. The van der Waals surface area contributed by atoms with Crippen LogP contribution in [0.3, 0.4) is 0 Å². The highest BCUT2D eigenvalue weighted by Crippen LogP contribution is 2.20. The molecule has 0 saturated carbocycles. The number of rotatable bonds is 12. The molecule has 0 aliphatic carbocycles. The summed E-state index contributed by atoms with van der Waals surface area (Å²) in [5.74, 6) is 0.672. The molecule has 156 valence electrons. The van der Waals surface area contributed by atoms with Gasteiger partial charge in [0.2, 0.25) is 0 Å². The van der Waals surface area contributed by atoms with Gasteiger partial charge in [-0.15, -0.1) is 0 Å². The molecule has 0 aliphatic rings. The van der Waals surface area contributed by atoms with Crippen molar-refractivity contribution in [2.24, 2.45) is 0 Å². The quantitative estimate of drug-likeness (QED) is 0.289. The summed E-state index contributed by atoms with van der Waals surface area (Å²) in [5.41, 5.74) is 1.89. The molecule has 0 spiro atoms. The number of unbranched alkanes of at least 4 members (excludes halogenated alkanes) is 1. The summed E-state index contributed by atoms with van der Waals surface area (Å²) in [4.78, 5) is 13.4. The molecule has 1 amide bonds. The lowest BCUT2D eigenvalue weighted by Crippen LogP contribution is -2.31. The Morgan fingerprint density at radius 3 is 2.55 bits per heavy atom. The van der Waals surface area contributed by atoms with Crippen molar-refractivity contribution < 1.29 is 24.5 Å². The molecule has 0 fully saturated rings. The van der Waals surface area contributed by atoms with Crippen molar-refractivity contribution in [3.63, 3.8) is 0 Å². The van der Waals surface area contributed by atoms with Gasteiger partial charge in [0.05, 0.1) is 12.9 Å². The molecule has 0 saturated heterocycles. The predicted octanol–water partition coefficient (Wildman–Crippen LogP) is 2.99. The number of aliphatic hydroxyl groups is 2. The van der Waals surface area contributed by atoms with Crippen molar-refractivity contribution in [1.82, 2.24) is 4.90 Å². The summed E-state index contributed by atoms with van der Waals surface area (Å²) in [7, 11) is 0. The number of aliphatic hydroxyl groups excluding tert-OH is 2. The van der Waals surface area contributed by atoms with Crippen LogP contribution in [0.1, 0.15) is 24.0 Å². The van der Waals surface area contributed by atoms with E-state index in [1.54, 1.807) is 0 Å². The van der Waals surface area contributed by atoms with Gasteiger partial charge in [-0.2, -0.15) is 0 Å². The highest BCUT2D eigenvalue weighted by atomic mass is 16.6. The molecular formula is C22H28N2O5. The lowest BCUT2D eigenvalue weighted by atomic mass is 10.1. The van der Waals surface area contributed by atoms with Crippen molar-refractivity contribution in [1.29, 1.82) is 5.41 Å². The first kappa shape index (κ1) is 22.4. The Bertz CT molecular complexity index is 754. The number of aryl methyl sites for hydroxylation is 1. The Morgan fingerprint density at radius 2 is 1.83 bits per heavy atom. The summed E-state index contributed by atoms with van der Waals surface area (Å²) < 4.78 is 10.8. The zero-order valence-corrected chi connectivity index (χ0v) is 16.4. The molecule has 0 unspecified atom stereocenters. The second-order valence-corrected chi connectivity index (χ2v) is 6.57. The van der Waals surface area contributed by atoms with Gasteiger partial charge in [-0.25, -0.2) is 4.79 Å². The SMILES string of the molecule is N=CN(CCCCc1ccccc1OC[C@@H](O)CO)C(=O)OCc1ccccc1. The van der Waals surface area contributed by atoms with Gasteiger partial charge in [-0.05, 0) is 36.5 Å². The summed E-state index contributed by atoms with van der Waals surface area (Å²) in [6.45, 7) is 0.252. The number of ether oxygens (including phenoxy) is 2. The van der Waals surface area contributed by atoms with Crippen LogP contribution in [0.2, 0.25) is 0 Å². The second kappa shape index (κ2) is 12.5. The molecular weight excluding hydrogens is 372 g/mol. The third-order valence-electron chi connectivity index (χ3n) is 4.31. The first-order valence-corrected chi connectivity index (χ1v) is 9.61. The summed E-state index contributed by atoms with van der Waals surface area (Å²) in [6, 6.07) is 16.9. The van der Waals surface area contributed by atoms with E-state index in [2.05, 4.69) is 0 Å². The maximum Gasteiger partial charge on any atom is 0.415 e. The molecule has 0 aliphatic heterocycles. The van der Waals surface area contributed by atoms with Crippen LogP contribution in [0, 0.1) is 5.41 Å². The number of hydrogen-bond acceptors (Lipinski definition) is 6.